The number of ether oxygens (including phenoxy) is 3. The highest BCUT2D eigenvalue weighted by Crippen LogP contribution is 2.32. The first-order chi connectivity index (χ1) is 20.3. The maximum atomic E-state index is 14.1. The minimum Gasteiger partial charge on any atom is -0.472 e. The van der Waals surface area contributed by atoms with Gasteiger partial charge in [0.25, 0.3) is 0 Å². The van der Waals surface area contributed by atoms with E-state index in [1.54, 1.807) is 27.0 Å². The van der Waals surface area contributed by atoms with E-state index >= 15 is 0 Å². The zero-order valence-electron chi connectivity index (χ0n) is 23.9. The van der Waals surface area contributed by atoms with Gasteiger partial charge in [-0.15, -0.1) is 0 Å². The molecule has 1 N–H and O–H groups in total. The molecule has 3 aliphatic rings. The molecule has 3 aliphatic heterocycles. The van der Waals surface area contributed by atoms with Crippen LogP contribution < -0.4 is 10.1 Å². The van der Waals surface area contributed by atoms with Gasteiger partial charge in [-0.3, -0.25) is 14.4 Å². The zero-order valence-corrected chi connectivity index (χ0v) is 28.2. The monoisotopic (exact) mass is 818 g/mol. The fourth-order valence-corrected chi connectivity index (χ4v) is 6.68. The van der Waals surface area contributed by atoms with Gasteiger partial charge in [-0.1, -0.05) is 22.6 Å². The summed E-state index contributed by atoms with van der Waals surface area (Å²) in [6, 6.07) is 4.89. The number of nitrogens with zero attached hydrogens (tertiary/aromatic N) is 3. The van der Waals surface area contributed by atoms with E-state index in [0.29, 0.717) is 12.3 Å². The number of ketones is 1. The second-order valence-electron chi connectivity index (χ2n) is 11.8. The van der Waals surface area contributed by atoms with Crippen molar-refractivity contribution < 1.29 is 38.2 Å². The summed E-state index contributed by atoms with van der Waals surface area (Å²) in [4.78, 5) is 72.5. The number of rotatable bonds is 8. The van der Waals surface area contributed by atoms with Crippen LogP contribution in [0.5, 0.6) is 5.88 Å². The normalized spacial score (nSPS) is 23.7. The number of likely N-dealkylation sites (tertiary alicyclic amines) is 2. The molecule has 3 amide bonds. The molecule has 1 aromatic carbocycles. The van der Waals surface area contributed by atoms with E-state index in [4.69, 9.17) is 14.2 Å². The fraction of sp³-hybridized carbons (Fsp3) is 0.517. The van der Waals surface area contributed by atoms with Gasteiger partial charge in [0.1, 0.15) is 29.9 Å². The second kappa shape index (κ2) is 12.7. The zero-order chi connectivity index (χ0) is 31.1. The maximum absolute atomic E-state index is 14.1. The first-order valence-corrected chi connectivity index (χ1v) is 16.5. The predicted octanol–water partition coefficient (Wildman–Crippen LogP) is 3.00. The molecule has 0 aliphatic carbocycles. The van der Waals surface area contributed by atoms with E-state index < -0.39 is 60.1 Å². The number of halogens is 2. The average Bonchev–Trinajstić information content (AvgIpc) is 3.65. The Kier molecular flexibility index (Phi) is 9.34. The van der Waals surface area contributed by atoms with Crippen molar-refractivity contribution in [3.05, 3.63) is 34.0 Å². The van der Waals surface area contributed by atoms with E-state index in [1.807, 2.05) is 46.9 Å². The third-order valence-electron chi connectivity index (χ3n) is 7.52. The maximum Gasteiger partial charge on any atom is 0.408 e. The summed E-state index contributed by atoms with van der Waals surface area (Å²) in [6.45, 7) is 5.33. The summed E-state index contributed by atoms with van der Waals surface area (Å²) in [5.74, 6) is -1.35. The van der Waals surface area contributed by atoms with E-state index in [2.05, 4.69) is 32.9 Å². The lowest BCUT2D eigenvalue weighted by molar-refractivity contribution is -0.157. The standard InChI is InChI=1S/C29H32I2N4O8/c1-29(2,3)43-28(40)33-20(11-24(37)34-13-18-10-22(34)27(39)42-18)26(38)35-14-17(9-21(35)23(36)12-30)41-25-19-5-4-16(31)8-15(19)6-7-32-25/h4-8,17-18,20-22H,9-14H2,1-3H3,(H,33,40)/t17?,18-,20+,21+,22?/m1/s1. The number of Topliss-reactive ketones (excluding diaryl/α,β-unsaturated/α-hetero) is 1. The highest BCUT2D eigenvalue weighted by atomic mass is 127. The quantitative estimate of drug-likeness (QED) is 0.242. The number of benzene rings is 1. The van der Waals surface area contributed by atoms with Crippen molar-refractivity contribution in [1.82, 2.24) is 20.1 Å². The smallest absolute Gasteiger partial charge is 0.408 e. The Balaban J connectivity index is 1.37. The summed E-state index contributed by atoms with van der Waals surface area (Å²) >= 11 is 4.18. The molecule has 43 heavy (non-hydrogen) atoms. The molecule has 5 rings (SSSR count). The molecule has 5 atom stereocenters. The number of morpholine rings is 1. The van der Waals surface area contributed by atoms with Crippen molar-refractivity contribution in [3.63, 3.8) is 0 Å². The molecule has 0 saturated carbocycles. The first kappa shape index (κ1) is 31.7. The van der Waals surface area contributed by atoms with Crippen molar-refractivity contribution >= 4 is 85.6 Å². The van der Waals surface area contributed by atoms with Crippen LogP contribution in [0, 0.1) is 3.57 Å². The molecule has 0 radical (unpaired) electrons. The minimum atomic E-state index is -1.33. The van der Waals surface area contributed by atoms with Gasteiger partial charge in [-0.05, 0) is 73.0 Å². The molecule has 2 bridgehead atoms. The summed E-state index contributed by atoms with van der Waals surface area (Å²) in [5.41, 5.74) is -0.852. The lowest BCUT2D eigenvalue weighted by Crippen LogP contribution is -2.55. The number of hydrogen-bond donors (Lipinski definition) is 1. The van der Waals surface area contributed by atoms with Crippen LogP contribution in [0.2, 0.25) is 0 Å². The Morgan fingerprint density at radius 2 is 1.91 bits per heavy atom. The molecule has 2 aromatic rings. The number of pyridine rings is 1. The molecule has 14 heteroatoms. The van der Waals surface area contributed by atoms with E-state index in [-0.39, 0.29) is 35.8 Å². The van der Waals surface area contributed by atoms with Gasteiger partial charge in [0, 0.05) is 28.0 Å². The number of fused-ring (bicyclic) bond motifs is 3. The van der Waals surface area contributed by atoms with E-state index in [9.17, 15) is 24.0 Å². The van der Waals surface area contributed by atoms with E-state index in [0.717, 1.165) is 14.3 Å². The molecule has 3 saturated heterocycles. The molecule has 12 nitrogen and oxygen atoms in total. The van der Waals surface area contributed by atoms with Crippen molar-refractivity contribution in [2.24, 2.45) is 0 Å². The van der Waals surface area contributed by atoms with Crippen LogP contribution in [0.15, 0.2) is 30.5 Å². The van der Waals surface area contributed by atoms with Crippen LogP contribution in [-0.2, 0) is 28.7 Å². The molecule has 3 fully saturated rings. The number of aromatic nitrogens is 1. The Labute approximate surface area is 275 Å². The summed E-state index contributed by atoms with van der Waals surface area (Å²) in [6.07, 6.45) is 0.0614. The summed E-state index contributed by atoms with van der Waals surface area (Å²) in [5, 5.41) is 4.30. The second-order valence-corrected chi connectivity index (χ2v) is 13.8. The van der Waals surface area contributed by atoms with Gasteiger partial charge in [-0.2, -0.15) is 0 Å². The number of amides is 3. The molecular formula is C29H32I2N4O8. The van der Waals surface area contributed by atoms with Crippen molar-refractivity contribution in [1.29, 1.82) is 0 Å². The van der Waals surface area contributed by atoms with Crippen LogP contribution in [-0.4, -0.2) is 97.9 Å². The van der Waals surface area contributed by atoms with Gasteiger partial charge in [-0.25, -0.2) is 14.6 Å². The molecular weight excluding hydrogens is 786 g/mol. The van der Waals surface area contributed by atoms with Gasteiger partial charge in [0.05, 0.1) is 30.0 Å². The molecule has 0 spiro atoms. The number of alkyl halides is 1. The van der Waals surface area contributed by atoms with Crippen molar-refractivity contribution in [2.45, 2.75) is 76.0 Å². The van der Waals surface area contributed by atoms with Crippen LogP contribution >= 0.6 is 45.2 Å². The van der Waals surface area contributed by atoms with Gasteiger partial charge in [0.2, 0.25) is 17.7 Å². The largest absolute Gasteiger partial charge is 0.472 e. The van der Waals surface area contributed by atoms with Gasteiger partial charge in [0.15, 0.2) is 5.78 Å². The Bertz CT molecular complexity index is 1460. The van der Waals surface area contributed by atoms with Crippen molar-refractivity contribution in [3.8, 4) is 5.88 Å². The number of alkyl carbamates (subject to hydrolysis) is 1. The van der Waals surface area contributed by atoms with Gasteiger partial charge < -0.3 is 29.3 Å². The molecule has 2 unspecified atom stereocenters. The third-order valence-corrected chi connectivity index (χ3v) is 8.95. The topological polar surface area (TPSA) is 144 Å². The van der Waals surface area contributed by atoms with Crippen molar-refractivity contribution in [2.75, 3.05) is 17.5 Å². The Morgan fingerprint density at radius 1 is 1.14 bits per heavy atom. The lowest BCUT2D eigenvalue weighted by atomic mass is 10.1. The van der Waals surface area contributed by atoms with Gasteiger partial charge >= 0.3 is 12.1 Å². The van der Waals surface area contributed by atoms with Crippen LogP contribution in [0.25, 0.3) is 10.8 Å². The Morgan fingerprint density at radius 3 is 2.58 bits per heavy atom. The number of esters is 1. The summed E-state index contributed by atoms with van der Waals surface area (Å²) in [7, 11) is 0. The van der Waals surface area contributed by atoms with E-state index in [1.165, 1.54) is 9.80 Å². The number of hydrogen-bond acceptors (Lipinski definition) is 9. The Hall–Kier alpha value is -2.76. The third kappa shape index (κ3) is 7.15. The number of carbonyl (C=O) groups excluding carboxylic acids is 5. The number of carbonyl (C=O) groups is 5. The SMILES string of the molecule is CC(C)(C)OC(=O)N[C@@H](CC(=O)N1C[C@H]2CC1C(=O)O2)C(=O)N1CC(Oc2nccc3cc(I)ccc23)C[C@H]1C(=O)CI. The van der Waals surface area contributed by atoms with Crippen LogP contribution in [0.3, 0.4) is 0 Å². The molecule has 1 aromatic heterocycles. The first-order valence-electron chi connectivity index (χ1n) is 13.9. The van der Waals surface area contributed by atoms with Crippen LogP contribution in [0.1, 0.15) is 40.0 Å². The minimum absolute atomic E-state index is 0.0513. The van der Waals surface area contributed by atoms with Crippen LogP contribution in [0.4, 0.5) is 4.79 Å². The molecule has 230 valence electrons. The predicted molar refractivity (Wildman–Crippen MR) is 171 cm³/mol. The summed E-state index contributed by atoms with van der Waals surface area (Å²) < 4.78 is 18.0. The average molecular weight is 818 g/mol. The number of nitrogens with one attached hydrogen (secondary N) is 1. The highest BCUT2D eigenvalue weighted by Gasteiger charge is 2.50. The highest BCUT2D eigenvalue weighted by molar-refractivity contribution is 14.1. The molecule has 4 heterocycles. The lowest BCUT2D eigenvalue weighted by Gasteiger charge is -2.31. The fourth-order valence-electron chi connectivity index (χ4n) is 5.66.